The summed E-state index contributed by atoms with van der Waals surface area (Å²) in [7, 11) is -3.52. The molecule has 7 nitrogen and oxygen atoms in total. The van der Waals surface area contributed by atoms with Crippen LogP contribution >= 0.6 is 0 Å². The van der Waals surface area contributed by atoms with E-state index in [-0.39, 0.29) is 23.1 Å². The first kappa shape index (κ1) is 15.5. The molecule has 0 aromatic carbocycles. The number of nitrogens with zero attached hydrogens (tertiary/aromatic N) is 3. The van der Waals surface area contributed by atoms with Crippen LogP contribution in [0.5, 0.6) is 0 Å². The number of likely N-dealkylation sites (N-methyl/N-ethyl adjacent to an activating group) is 1. The summed E-state index contributed by atoms with van der Waals surface area (Å²) in [4.78, 5) is 16.1. The SMILES string of the molecule is CCN(Cc1ccco1)C(=O)C1=CC=CN2CCS(=O)(=O)N=C12. The lowest BCUT2D eigenvalue weighted by molar-refractivity contribution is -0.127. The van der Waals surface area contributed by atoms with Crippen molar-refractivity contribution < 1.29 is 17.6 Å². The van der Waals surface area contributed by atoms with Gasteiger partial charge in [-0.25, -0.2) is 8.42 Å². The van der Waals surface area contributed by atoms with E-state index in [2.05, 4.69) is 4.40 Å². The quantitative estimate of drug-likeness (QED) is 0.823. The summed E-state index contributed by atoms with van der Waals surface area (Å²) in [6.07, 6.45) is 6.61. The predicted octanol–water partition coefficient (Wildman–Crippen LogP) is 1.13. The summed E-state index contributed by atoms with van der Waals surface area (Å²) in [5.41, 5.74) is 0.282. The van der Waals surface area contributed by atoms with Crippen LogP contribution in [0, 0.1) is 0 Å². The summed E-state index contributed by atoms with van der Waals surface area (Å²) < 4.78 is 32.6. The Morgan fingerprint density at radius 2 is 2.30 bits per heavy atom. The van der Waals surface area contributed by atoms with Crippen LogP contribution in [0.15, 0.2) is 51.1 Å². The Kier molecular flexibility index (Phi) is 4.08. The topological polar surface area (TPSA) is 83.2 Å². The van der Waals surface area contributed by atoms with Crippen LogP contribution in [-0.2, 0) is 21.4 Å². The van der Waals surface area contributed by atoms with Gasteiger partial charge in [0.1, 0.15) is 5.76 Å². The highest BCUT2D eigenvalue weighted by Gasteiger charge is 2.31. The number of fused-ring (bicyclic) bond motifs is 1. The zero-order chi connectivity index (χ0) is 16.4. The van der Waals surface area contributed by atoms with Gasteiger partial charge < -0.3 is 14.2 Å². The summed E-state index contributed by atoms with van der Waals surface area (Å²) in [6, 6.07) is 3.55. The van der Waals surface area contributed by atoms with Crippen molar-refractivity contribution in [3.05, 3.63) is 48.1 Å². The van der Waals surface area contributed by atoms with E-state index in [1.165, 1.54) is 0 Å². The van der Waals surface area contributed by atoms with Gasteiger partial charge in [0.05, 0.1) is 24.1 Å². The zero-order valence-corrected chi connectivity index (χ0v) is 13.5. The Bertz CT molecular complexity index is 791. The first-order valence-electron chi connectivity index (χ1n) is 7.30. The number of carbonyl (C=O) groups is 1. The minimum Gasteiger partial charge on any atom is -0.467 e. The van der Waals surface area contributed by atoms with Crippen molar-refractivity contribution >= 4 is 21.8 Å². The molecule has 1 aromatic heterocycles. The molecule has 2 aliphatic heterocycles. The zero-order valence-electron chi connectivity index (χ0n) is 12.7. The minimum atomic E-state index is -3.52. The molecule has 0 aliphatic carbocycles. The van der Waals surface area contributed by atoms with Crippen LogP contribution in [-0.4, -0.2) is 48.8 Å². The molecule has 0 fully saturated rings. The van der Waals surface area contributed by atoms with Crippen molar-refractivity contribution in [1.29, 1.82) is 0 Å². The normalized spacial score (nSPS) is 18.9. The largest absolute Gasteiger partial charge is 0.467 e. The Hall–Kier alpha value is -2.35. The predicted molar refractivity (Wildman–Crippen MR) is 84.9 cm³/mol. The van der Waals surface area contributed by atoms with Crippen molar-refractivity contribution in [2.45, 2.75) is 13.5 Å². The molecule has 0 unspecified atom stereocenters. The molecule has 0 radical (unpaired) electrons. The molecular formula is C15H17N3O4S. The highest BCUT2D eigenvalue weighted by atomic mass is 32.2. The van der Waals surface area contributed by atoms with Gasteiger partial charge in [-0.3, -0.25) is 4.79 Å². The van der Waals surface area contributed by atoms with Crippen LogP contribution in [0.3, 0.4) is 0 Å². The van der Waals surface area contributed by atoms with Crippen molar-refractivity contribution in [2.75, 3.05) is 18.8 Å². The minimum absolute atomic E-state index is 0.0494. The number of allylic oxidation sites excluding steroid dienone is 2. The molecule has 23 heavy (non-hydrogen) atoms. The number of hydrogen-bond acceptors (Lipinski definition) is 5. The lowest BCUT2D eigenvalue weighted by atomic mass is 10.1. The van der Waals surface area contributed by atoms with E-state index in [0.29, 0.717) is 25.4 Å². The van der Waals surface area contributed by atoms with Crippen molar-refractivity contribution in [1.82, 2.24) is 9.80 Å². The molecule has 0 bridgehead atoms. The summed E-state index contributed by atoms with van der Waals surface area (Å²) in [5, 5.41) is 0. The fourth-order valence-electron chi connectivity index (χ4n) is 2.47. The third kappa shape index (κ3) is 3.21. The molecule has 1 aromatic rings. The second-order valence-electron chi connectivity index (χ2n) is 5.21. The van der Waals surface area contributed by atoms with Gasteiger partial charge in [-0.1, -0.05) is 0 Å². The standard InChI is InChI=1S/C15H17N3O4S/c1-2-17(11-12-5-4-9-22-12)15(19)13-6-3-7-18-8-10-23(20,21)16-14(13)18/h3-7,9H,2,8,10-11H2,1H3. The summed E-state index contributed by atoms with van der Waals surface area (Å²) in [5.74, 6) is 0.546. The van der Waals surface area contributed by atoms with E-state index in [1.807, 2.05) is 6.92 Å². The molecule has 0 spiro atoms. The van der Waals surface area contributed by atoms with Gasteiger partial charge in [0.2, 0.25) is 0 Å². The van der Waals surface area contributed by atoms with Crippen molar-refractivity contribution in [2.24, 2.45) is 4.40 Å². The Labute approximate surface area is 134 Å². The second kappa shape index (κ2) is 6.04. The van der Waals surface area contributed by atoms with Gasteiger partial charge in [0, 0.05) is 19.3 Å². The Morgan fingerprint density at radius 1 is 1.48 bits per heavy atom. The van der Waals surface area contributed by atoms with Gasteiger partial charge in [-0.05, 0) is 31.2 Å². The first-order valence-corrected chi connectivity index (χ1v) is 8.91. The van der Waals surface area contributed by atoms with E-state index in [0.717, 1.165) is 0 Å². The maximum absolute atomic E-state index is 12.8. The Balaban J connectivity index is 1.89. The van der Waals surface area contributed by atoms with Crippen molar-refractivity contribution in [3.8, 4) is 0 Å². The Morgan fingerprint density at radius 3 is 3.00 bits per heavy atom. The van der Waals surface area contributed by atoms with Crippen LogP contribution in [0.25, 0.3) is 0 Å². The van der Waals surface area contributed by atoms with Gasteiger partial charge in [0.25, 0.3) is 15.9 Å². The molecule has 122 valence electrons. The highest BCUT2D eigenvalue weighted by molar-refractivity contribution is 7.90. The summed E-state index contributed by atoms with van der Waals surface area (Å²) >= 11 is 0. The molecule has 3 rings (SSSR count). The molecule has 0 atom stereocenters. The molecule has 2 aliphatic rings. The van der Waals surface area contributed by atoms with Gasteiger partial charge in [0.15, 0.2) is 5.84 Å². The van der Waals surface area contributed by atoms with E-state index >= 15 is 0 Å². The van der Waals surface area contributed by atoms with Crippen molar-refractivity contribution in [3.63, 3.8) is 0 Å². The van der Waals surface area contributed by atoms with E-state index < -0.39 is 10.0 Å². The number of carbonyl (C=O) groups excluding carboxylic acids is 1. The number of sulfonamides is 1. The summed E-state index contributed by atoms with van der Waals surface area (Å²) in [6.45, 7) is 2.95. The lowest BCUT2D eigenvalue weighted by Crippen LogP contribution is -2.43. The molecule has 1 amide bonds. The average Bonchev–Trinajstić information content (AvgIpc) is 3.03. The number of amides is 1. The molecule has 0 saturated heterocycles. The maximum Gasteiger partial charge on any atom is 0.258 e. The highest BCUT2D eigenvalue weighted by Crippen LogP contribution is 2.20. The van der Waals surface area contributed by atoms with E-state index in [4.69, 9.17) is 4.42 Å². The van der Waals surface area contributed by atoms with E-state index in [1.54, 1.807) is 46.5 Å². The third-order valence-electron chi connectivity index (χ3n) is 3.68. The van der Waals surface area contributed by atoms with Crippen LogP contribution < -0.4 is 0 Å². The molecule has 8 heteroatoms. The molecular weight excluding hydrogens is 318 g/mol. The maximum atomic E-state index is 12.8. The molecule has 0 saturated carbocycles. The molecule has 0 N–H and O–H groups in total. The second-order valence-corrected chi connectivity index (χ2v) is 6.97. The van der Waals surface area contributed by atoms with Crippen LogP contribution in [0.2, 0.25) is 0 Å². The van der Waals surface area contributed by atoms with Gasteiger partial charge in [-0.15, -0.1) is 4.40 Å². The fraction of sp³-hybridized carbons (Fsp3) is 0.333. The van der Waals surface area contributed by atoms with Gasteiger partial charge in [-0.2, -0.15) is 0 Å². The molecule has 3 heterocycles. The average molecular weight is 335 g/mol. The monoisotopic (exact) mass is 335 g/mol. The van der Waals surface area contributed by atoms with Crippen LogP contribution in [0.4, 0.5) is 0 Å². The number of hydrogen-bond donors (Lipinski definition) is 0. The van der Waals surface area contributed by atoms with E-state index in [9.17, 15) is 13.2 Å². The van der Waals surface area contributed by atoms with Gasteiger partial charge >= 0.3 is 0 Å². The lowest BCUT2D eigenvalue weighted by Gasteiger charge is -2.30. The van der Waals surface area contributed by atoms with Crippen LogP contribution in [0.1, 0.15) is 12.7 Å². The fourth-order valence-corrected chi connectivity index (χ4v) is 3.46. The number of furan rings is 1. The third-order valence-corrected chi connectivity index (χ3v) is 4.83. The smallest absolute Gasteiger partial charge is 0.258 e. The number of amidine groups is 1. The first-order chi connectivity index (χ1) is 11.0. The number of rotatable bonds is 4.